The van der Waals surface area contributed by atoms with Crippen molar-refractivity contribution in [2.75, 3.05) is 13.2 Å². The van der Waals surface area contributed by atoms with Crippen molar-refractivity contribution in [1.29, 1.82) is 0 Å². The molecule has 0 saturated heterocycles. The van der Waals surface area contributed by atoms with Crippen LogP contribution < -0.4 is 0 Å². The van der Waals surface area contributed by atoms with Gasteiger partial charge in [0, 0.05) is 11.5 Å². The second-order valence-electron chi connectivity index (χ2n) is 7.68. The van der Waals surface area contributed by atoms with Crippen LogP contribution in [0.3, 0.4) is 0 Å². The Balaban J connectivity index is 2.28. The Bertz CT molecular complexity index is 1180. The summed E-state index contributed by atoms with van der Waals surface area (Å²) in [6.45, 7) is 3.50. The molecule has 0 N–H and O–H groups in total. The van der Waals surface area contributed by atoms with Gasteiger partial charge in [0.2, 0.25) is 0 Å². The summed E-state index contributed by atoms with van der Waals surface area (Å²) in [6.07, 6.45) is 1.68. The molecule has 1 atom stereocenters. The molecule has 5 nitrogen and oxygen atoms in total. The molecule has 0 spiro atoms. The summed E-state index contributed by atoms with van der Waals surface area (Å²) in [5, 5.41) is 0. The van der Waals surface area contributed by atoms with E-state index < -0.39 is 23.8 Å². The minimum atomic E-state index is -1.38. The lowest BCUT2D eigenvalue weighted by molar-refractivity contribution is -0.162. The van der Waals surface area contributed by atoms with Crippen molar-refractivity contribution in [3.05, 3.63) is 119 Å². The molecule has 0 aliphatic heterocycles. The van der Waals surface area contributed by atoms with Crippen molar-refractivity contribution in [3.63, 3.8) is 0 Å². The zero-order valence-electron chi connectivity index (χ0n) is 19.8. The van der Waals surface area contributed by atoms with E-state index in [1.807, 2.05) is 42.5 Å². The number of hydrogen-bond acceptors (Lipinski definition) is 5. The fourth-order valence-electron chi connectivity index (χ4n) is 3.77. The van der Waals surface area contributed by atoms with Crippen molar-refractivity contribution < 1.29 is 23.9 Å². The lowest BCUT2D eigenvalue weighted by Crippen LogP contribution is -2.35. The van der Waals surface area contributed by atoms with Gasteiger partial charge in [0.1, 0.15) is 0 Å². The number of allylic oxidation sites excluding steroid dienone is 1. The van der Waals surface area contributed by atoms with E-state index in [1.54, 1.807) is 68.5 Å². The van der Waals surface area contributed by atoms with Crippen LogP contribution in [0.4, 0.5) is 0 Å². The Morgan fingerprint density at radius 3 is 1.74 bits per heavy atom. The molecular formula is C30H28O5. The molecule has 0 saturated carbocycles. The van der Waals surface area contributed by atoms with E-state index in [0.717, 1.165) is 5.56 Å². The number of rotatable bonds is 10. The van der Waals surface area contributed by atoms with Crippen LogP contribution in [0.25, 0.3) is 6.08 Å². The number of benzene rings is 3. The standard InChI is InChI=1S/C30H28O5/c1-3-34-29(32)27(30(33)35-4-2)26(23-16-10-6-11-17-23)25(21-20-22-14-8-5-9-15-22)28(31)24-18-12-7-13-19-24/h5-20,26-27H,3-4H2,1-2H3. The molecule has 178 valence electrons. The first-order valence-electron chi connectivity index (χ1n) is 11.6. The summed E-state index contributed by atoms with van der Waals surface area (Å²) in [5.74, 6) is -4.19. The van der Waals surface area contributed by atoms with Crippen LogP contribution in [0.1, 0.15) is 41.3 Å². The summed E-state index contributed by atoms with van der Waals surface area (Å²) in [4.78, 5) is 40.1. The molecule has 3 aromatic carbocycles. The lowest BCUT2D eigenvalue weighted by Gasteiger charge is -2.25. The molecule has 0 heterocycles. The number of esters is 2. The van der Waals surface area contributed by atoms with Gasteiger partial charge in [-0.2, -0.15) is 0 Å². The van der Waals surface area contributed by atoms with Gasteiger partial charge in [-0.1, -0.05) is 91.0 Å². The van der Waals surface area contributed by atoms with Gasteiger partial charge >= 0.3 is 11.9 Å². The predicted molar refractivity (Wildman–Crippen MR) is 135 cm³/mol. The zero-order valence-corrected chi connectivity index (χ0v) is 19.8. The summed E-state index contributed by atoms with van der Waals surface area (Å²) in [6, 6.07) is 27.1. The lowest BCUT2D eigenvalue weighted by atomic mass is 9.77. The van der Waals surface area contributed by atoms with E-state index in [0.29, 0.717) is 11.1 Å². The molecule has 0 aliphatic rings. The van der Waals surface area contributed by atoms with E-state index in [2.05, 4.69) is 5.73 Å². The van der Waals surface area contributed by atoms with Crippen LogP contribution in [-0.4, -0.2) is 30.9 Å². The van der Waals surface area contributed by atoms with Gasteiger partial charge < -0.3 is 9.47 Å². The van der Waals surface area contributed by atoms with Crippen LogP contribution >= 0.6 is 0 Å². The van der Waals surface area contributed by atoms with Gasteiger partial charge in [0.25, 0.3) is 0 Å². The number of hydrogen-bond donors (Lipinski definition) is 0. The fraction of sp³-hybridized carbons (Fsp3) is 0.200. The van der Waals surface area contributed by atoms with Gasteiger partial charge in [-0.3, -0.25) is 14.4 Å². The topological polar surface area (TPSA) is 69.7 Å². The summed E-state index contributed by atoms with van der Waals surface area (Å²) >= 11 is 0. The highest BCUT2D eigenvalue weighted by atomic mass is 16.6. The van der Waals surface area contributed by atoms with Crippen LogP contribution in [0.2, 0.25) is 0 Å². The summed E-state index contributed by atoms with van der Waals surface area (Å²) in [5.41, 5.74) is 5.14. The maximum absolute atomic E-state index is 13.8. The Labute approximate surface area is 205 Å². The first-order chi connectivity index (χ1) is 17.1. The Kier molecular flexibility index (Phi) is 9.35. The van der Waals surface area contributed by atoms with Crippen LogP contribution in [-0.2, 0) is 19.1 Å². The molecule has 0 aliphatic carbocycles. The second-order valence-corrected chi connectivity index (χ2v) is 7.68. The van der Waals surface area contributed by atoms with Crippen molar-refractivity contribution in [1.82, 2.24) is 0 Å². The molecule has 0 aromatic heterocycles. The first kappa shape index (κ1) is 25.4. The number of carbonyl (C=O) groups excluding carboxylic acids is 3. The molecule has 5 heteroatoms. The maximum Gasteiger partial charge on any atom is 0.321 e. The molecule has 35 heavy (non-hydrogen) atoms. The van der Waals surface area contributed by atoms with Gasteiger partial charge in [0.05, 0.1) is 18.8 Å². The minimum Gasteiger partial charge on any atom is -0.465 e. The van der Waals surface area contributed by atoms with Crippen molar-refractivity contribution in [2.24, 2.45) is 5.92 Å². The predicted octanol–water partition coefficient (Wildman–Crippen LogP) is 5.63. The van der Waals surface area contributed by atoms with Crippen molar-refractivity contribution in [3.8, 4) is 0 Å². The summed E-state index contributed by atoms with van der Waals surface area (Å²) in [7, 11) is 0. The fourth-order valence-corrected chi connectivity index (χ4v) is 3.77. The highest BCUT2D eigenvalue weighted by Gasteiger charge is 2.42. The smallest absolute Gasteiger partial charge is 0.321 e. The van der Waals surface area contributed by atoms with E-state index in [1.165, 1.54) is 0 Å². The Morgan fingerprint density at radius 2 is 1.23 bits per heavy atom. The average molecular weight is 469 g/mol. The number of carbonyl (C=O) groups is 3. The third kappa shape index (κ3) is 6.66. The van der Waals surface area contributed by atoms with Crippen molar-refractivity contribution in [2.45, 2.75) is 19.8 Å². The minimum absolute atomic E-state index is 0.0851. The van der Waals surface area contributed by atoms with Crippen LogP contribution in [0, 0.1) is 5.92 Å². The van der Waals surface area contributed by atoms with Gasteiger partial charge in [0.15, 0.2) is 11.7 Å². The zero-order chi connectivity index (χ0) is 25.0. The van der Waals surface area contributed by atoms with Gasteiger partial charge in [-0.05, 0) is 31.1 Å². The Hall–Kier alpha value is -4.21. The molecule has 0 fully saturated rings. The van der Waals surface area contributed by atoms with E-state index in [4.69, 9.17) is 9.47 Å². The van der Waals surface area contributed by atoms with Gasteiger partial charge in [-0.25, -0.2) is 0 Å². The highest BCUT2D eigenvalue weighted by molar-refractivity contribution is 6.11. The maximum atomic E-state index is 13.8. The van der Waals surface area contributed by atoms with E-state index in [-0.39, 0.29) is 24.6 Å². The normalized spacial score (nSPS) is 11.2. The SMILES string of the molecule is CCOC(=O)C(C(=O)OCC)C(C(=C=Cc1ccccc1)C(=O)c1ccccc1)c1ccccc1. The first-order valence-corrected chi connectivity index (χ1v) is 11.6. The molecule has 3 rings (SSSR count). The van der Waals surface area contributed by atoms with Gasteiger partial charge in [-0.15, -0.1) is 5.73 Å². The molecule has 0 amide bonds. The highest BCUT2D eigenvalue weighted by Crippen LogP contribution is 2.36. The van der Waals surface area contributed by atoms with E-state index in [9.17, 15) is 14.4 Å². The van der Waals surface area contributed by atoms with Crippen molar-refractivity contribution >= 4 is 23.8 Å². The quantitative estimate of drug-likeness (QED) is 0.127. The largest absolute Gasteiger partial charge is 0.465 e. The number of Topliss-reactive ketones (excluding diaryl/α,β-unsaturated/α-hetero) is 1. The number of ketones is 1. The second kappa shape index (κ2) is 12.9. The van der Waals surface area contributed by atoms with Crippen LogP contribution in [0.15, 0.2) is 102 Å². The average Bonchev–Trinajstić information content (AvgIpc) is 2.89. The Morgan fingerprint density at radius 1 is 0.743 bits per heavy atom. The molecule has 0 bridgehead atoms. The molecule has 3 aromatic rings. The molecular weight excluding hydrogens is 440 g/mol. The monoisotopic (exact) mass is 468 g/mol. The number of ether oxygens (including phenoxy) is 2. The van der Waals surface area contributed by atoms with E-state index >= 15 is 0 Å². The molecule has 1 unspecified atom stereocenters. The van der Waals surface area contributed by atoms with Crippen LogP contribution in [0.5, 0.6) is 0 Å². The summed E-state index contributed by atoms with van der Waals surface area (Å²) < 4.78 is 10.5. The third-order valence-corrected chi connectivity index (χ3v) is 5.36. The molecule has 0 radical (unpaired) electrons. The third-order valence-electron chi connectivity index (χ3n) is 5.36.